The first-order chi connectivity index (χ1) is 7.68. The van der Waals surface area contributed by atoms with Gasteiger partial charge in [-0.3, -0.25) is 4.79 Å². The van der Waals surface area contributed by atoms with E-state index in [1.54, 1.807) is 12.1 Å². The summed E-state index contributed by atoms with van der Waals surface area (Å²) in [6.07, 6.45) is 0. The monoisotopic (exact) mass is 232 g/mol. The molecule has 1 aromatic heterocycles. The molecule has 0 aliphatic carbocycles. The van der Waals surface area contributed by atoms with Gasteiger partial charge in [0, 0.05) is 23.7 Å². The lowest BCUT2D eigenvalue weighted by Crippen LogP contribution is -2.14. The van der Waals surface area contributed by atoms with Crippen LogP contribution in [0.25, 0.3) is 0 Å². The average Bonchev–Trinajstić information content (AvgIpc) is 2.62. The van der Waals surface area contributed by atoms with Gasteiger partial charge in [0.2, 0.25) is 0 Å². The molecular formula is C12H12N2OS. The molecule has 0 fully saturated rings. The third-order valence-electron chi connectivity index (χ3n) is 2.37. The van der Waals surface area contributed by atoms with Crippen molar-refractivity contribution in [3.05, 3.63) is 51.8 Å². The number of nitrogens with zero attached hydrogens (tertiary/aromatic N) is 2. The van der Waals surface area contributed by atoms with Crippen LogP contribution in [0.5, 0.6) is 0 Å². The number of thiazole rings is 1. The summed E-state index contributed by atoms with van der Waals surface area (Å²) in [7, 11) is 1.91. The molecule has 0 atom stereocenters. The number of benzene rings is 1. The first kappa shape index (κ1) is 10.8. The van der Waals surface area contributed by atoms with E-state index < -0.39 is 0 Å². The van der Waals surface area contributed by atoms with Crippen LogP contribution in [-0.2, 0) is 7.05 Å². The minimum Gasteiger partial charge on any atom is -0.324 e. The molecule has 82 valence electrons. The zero-order valence-electron chi connectivity index (χ0n) is 9.18. The predicted octanol–water partition coefficient (Wildman–Crippen LogP) is 2.14. The molecule has 16 heavy (non-hydrogen) atoms. The maximum atomic E-state index is 11.8. The van der Waals surface area contributed by atoms with Crippen LogP contribution in [0.15, 0.2) is 40.7 Å². The van der Waals surface area contributed by atoms with E-state index in [1.807, 2.05) is 42.1 Å². The molecule has 1 heterocycles. The van der Waals surface area contributed by atoms with Crippen molar-refractivity contribution in [1.82, 2.24) is 4.57 Å². The van der Waals surface area contributed by atoms with E-state index in [1.165, 1.54) is 11.3 Å². The molecule has 2 rings (SSSR count). The number of hydrogen-bond donors (Lipinski definition) is 0. The van der Waals surface area contributed by atoms with Crippen molar-refractivity contribution < 1.29 is 4.79 Å². The maximum Gasteiger partial charge on any atom is 0.279 e. The van der Waals surface area contributed by atoms with Crippen LogP contribution in [0.1, 0.15) is 16.1 Å². The second kappa shape index (κ2) is 4.45. The summed E-state index contributed by atoms with van der Waals surface area (Å²) in [5.41, 5.74) is 1.72. The van der Waals surface area contributed by atoms with Gasteiger partial charge in [-0.2, -0.15) is 4.99 Å². The van der Waals surface area contributed by atoms with Crippen LogP contribution in [-0.4, -0.2) is 10.5 Å². The van der Waals surface area contributed by atoms with Gasteiger partial charge in [0.25, 0.3) is 5.91 Å². The molecule has 0 saturated carbocycles. The first-order valence-corrected chi connectivity index (χ1v) is 5.81. The average molecular weight is 232 g/mol. The van der Waals surface area contributed by atoms with Gasteiger partial charge in [-0.15, -0.1) is 11.3 Å². The van der Waals surface area contributed by atoms with Gasteiger partial charge in [0.05, 0.1) is 0 Å². The second-order valence-corrected chi connectivity index (χ2v) is 4.34. The van der Waals surface area contributed by atoms with Gasteiger partial charge in [0.1, 0.15) is 0 Å². The highest BCUT2D eigenvalue weighted by molar-refractivity contribution is 7.07. The molecule has 3 nitrogen and oxygen atoms in total. The Morgan fingerprint density at radius 2 is 2.00 bits per heavy atom. The number of aromatic nitrogens is 1. The molecule has 0 aliphatic rings. The highest BCUT2D eigenvalue weighted by Crippen LogP contribution is 2.01. The lowest BCUT2D eigenvalue weighted by molar-refractivity contribution is 0.0998. The summed E-state index contributed by atoms with van der Waals surface area (Å²) in [6.45, 7) is 1.99. The molecule has 1 aromatic carbocycles. The quantitative estimate of drug-likeness (QED) is 0.741. The Kier molecular flexibility index (Phi) is 3.01. The second-order valence-electron chi connectivity index (χ2n) is 3.50. The van der Waals surface area contributed by atoms with Crippen molar-refractivity contribution in [3.63, 3.8) is 0 Å². The molecular weight excluding hydrogens is 220 g/mol. The largest absolute Gasteiger partial charge is 0.324 e. The number of aryl methyl sites for hydroxylation is 1. The number of amides is 1. The van der Waals surface area contributed by atoms with Crippen LogP contribution in [0.4, 0.5) is 0 Å². The highest BCUT2D eigenvalue weighted by atomic mass is 32.1. The van der Waals surface area contributed by atoms with E-state index in [-0.39, 0.29) is 5.91 Å². The van der Waals surface area contributed by atoms with E-state index in [0.29, 0.717) is 5.56 Å². The first-order valence-electron chi connectivity index (χ1n) is 4.93. The van der Waals surface area contributed by atoms with Crippen LogP contribution in [0.2, 0.25) is 0 Å². The molecule has 4 heteroatoms. The number of carbonyl (C=O) groups excluding carboxylic acids is 1. The van der Waals surface area contributed by atoms with E-state index in [2.05, 4.69) is 4.99 Å². The number of rotatable bonds is 1. The van der Waals surface area contributed by atoms with Gasteiger partial charge in [-0.05, 0) is 19.1 Å². The summed E-state index contributed by atoms with van der Waals surface area (Å²) in [5, 5.41) is 1.98. The molecule has 0 unspecified atom stereocenters. The van der Waals surface area contributed by atoms with Crippen LogP contribution < -0.4 is 4.80 Å². The Labute approximate surface area is 97.7 Å². The summed E-state index contributed by atoms with van der Waals surface area (Å²) in [5.74, 6) is -0.196. The normalized spacial score (nSPS) is 11.8. The third-order valence-corrected chi connectivity index (χ3v) is 3.40. The fourth-order valence-electron chi connectivity index (χ4n) is 1.28. The van der Waals surface area contributed by atoms with Gasteiger partial charge in [-0.25, -0.2) is 0 Å². The van der Waals surface area contributed by atoms with Crippen molar-refractivity contribution in [3.8, 4) is 0 Å². The fraction of sp³-hybridized carbons (Fsp3) is 0.167. The van der Waals surface area contributed by atoms with E-state index in [0.717, 1.165) is 10.5 Å². The minimum atomic E-state index is -0.196. The third kappa shape index (κ3) is 2.12. The molecule has 0 radical (unpaired) electrons. The Morgan fingerprint density at radius 1 is 1.31 bits per heavy atom. The summed E-state index contributed by atoms with van der Waals surface area (Å²) in [4.78, 5) is 16.6. The van der Waals surface area contributed by atoms with Crippen LogP contribution in [0, 0.1) is 6.92 Å². The Morgan fingerprint density at radius 3 is 2.56 bits per heavy atom. The Balaban J connectivity index is 2.39. The molecule has 0 saturated heterocycles. The van der Waals surface area contributed by atoms with Crippen LogP contribution in [0.3, 0.4) is 0 Å². The minimum absolute atomic E-state index is 0.196. The molecule has 0 aliphatic heterocycles. The highest BCUT2D eigenvalue weighted by Gasteiger charge is 2.03. The predicted molar refractivity (Wildman–Crippen MR) is 64.4 cm³/mol. The molecule has 0 N–H and O–H groups in total. The van der Waals surface area contributed by atoms with Gasteiger partial charge >= 0.3 is 0 Å². The Bertz CT molecular complexity index is 566. The maximum absolute atomic E-state index is 11.8. The lowest BCUT2D eigenvalue weighted by atomic mass is 10.2. The number of carbonyl (C=O) groups is 1. The van der Waals surface area contributed by atoms with E-state index in [9.17, 15) is 4.79 Å². The topological polar surface area (TPSA) is 34.4 Å². The standard InChI is InChI=1S/C12H12N2OS/c1-9-8-16-12(14(9)2)13-11(15)10-6-4-3-5-7-10/h3-8H,1-2H3/b13-12-. The van der Waals surface area contributed by atoms with E-state index in [4.69, 9.17) is 0 Å². The molecule has 1 amide bonds. The number of hydrogen-bond acceptors (Lipinski definition) is 2. The Hall–Kier alpha value is -1.68. The van der Waals surface area contributed by atoms with Gasteiger partial charge in [-0.1, -0.05) is 18.2 Å². The van der Waals surface area contributed by atoms with Crippen molar-refractivity contribution in [2.45, 2.75) is 6.92 Å². The van der Waals surface area contributed by atoms with Gasteiger partial charge in [0.15, 0.2) is 4.80 Å². The van der Waals surface area contributed by atoms with Crippen molar-refractivity contribution in [2.24, 2.45) is 12.0 Å². The summed E-state index contributed by atoms with van der Waals surface area (Å²) >= 11 is 1.47. The van der Waals surface area contributed by atoms with Crippen molar-refractivity contribution in [1.29, 1.82) is 0 Å². The van der Waals surface area contributed by atoms with Crippen molar-refractivity contribution in [2.75, 3.05) is 0 Å². The molecule has 0 bridgehead atoms. The van der Waals surface area contributed by atoms with E-state index >= 15 is 0 Å². The summed E-state index contributed by atoms with van der Waals surface area (Å²) < 4.78 is 1.91. The SMILES string of the molecule is Cc1cs/c(=N\C(=O)c2ccccc2)n1C. The lowest BCUT2D eigenvalue weighted by Gasteiger charge is -1.95. The van der Waals surface area contributed by atoms with Crippen molar-refractivity contribution >= 4 is 17.2 Å². The fourth-order valence-corrected chi connectivity index (χ4v) is 2.15. The van der Waals surface area contributed by atoms with Crippen LogP contribution >= 0.6 is 11.3 Å². The zero-order chi connectivity index (χ0) is 11.5. The smallest absolute Gasteiger partial charge is 0.279 e. The molecule has 2 aromatic rings. The van der Waals surface area contributed by atoms with Gasteiger partial charge < -0.3 is 4.57 Å². The summed E-state index contributed by atoms with van der Waals surface area (Å²) in [6, 6.07) is 9.09. The molecule has 0 spiro atoms. The zero-order valence-corrected chi connectivity index (χ0v) is 9.99.